The Morgan fingerprint density at radius 2 is 1.75 bits per heavy atom. The second-order valence-corrected chi connectivity index (χ2v) is 5.86. The molecule has 0 radical (unpaired) electrons. The first-order valence-electron chi connectivity index (χ1n) is 7.73. The van der Waals surface area contributed by atoms with E-state index in [1.807, 2.05) is 36.7 Å². The van der Waals surface area contributed by atoms with Gasteiger partial charge in [-0.05, 0) is 48.4 Å². The molecule has 1 aromatic heterocycles. The summed E-state index contributed by atoms with van der Waals surface area (Å²) < 4.78 is 14.9. The molecule has 5 heteroatoms. The van der Waals surface area contributed by atoms with E-state index in [4.69, 9.17) is 0 Å². The summed E-state index contributed by atoms with van der Waals surface area (Å²) in [5.41, 5.74) is 7.59. The number of halogens is 1. The number of aromatic nitrogens is 1. The maximum Gasteiger partial charge on any atom is 0.272 e. The summed E-state index contributed by atoms with van der Waals surface area (Å²) in [6.45, 7) is 1.79. The number of aryl methyl sites for hydroxylation is 1. The first-order valence-corrected chi connectivity index (χ1v) is 7.73. The molecule has 2 N–H and O–H groups in total. The molecule has 0 fully saturated rings. The van der Waals surface area contributed by atoms with Crippen molar-refractivity contribution in [1.82, 2.24) is 9.99 Å². The topological polar surface area (TPSA) is 46.1 Å². The van der Waals surface area contributed by atoms with Crippen molar-refractivity contribution in [3.63, 3.8) is 0 Å². The minimum absolute atomic E-state index is 0.0721. The number of allylic oxidation sites excluding steroid dienone is 3. The molecule has 4 rings (SSSR count). The molecule has 2 aliphatic heterocycles. The van der Waals surface area contributed by atoms with E-state index in [0.29, 0.717) is 5.56 Å². The van der Waals surface area contributed by atoms with E-state index in [-0.39, 0.29) is 17.4 Å². The van der Waals surface area contributed by atoms with Crippen LogP contribution in [0.1, 0.15) is 22.9 Å². The Bertz CT molecular complexity index is 938. The molecule has 3 heterocycles. The summed E-state index contributed by atoms with van der Waals surface area (Å²) in [6, 6.07) is 9.91. The van der Waals surface area contributed by atoms with Gasteiger partial charge in [0.05, 0.1) is 11.7 Å². The number of hydrogen-bond acceptors (Lipinski definition) is 3. The number of nitrogens with zero attached hydrogens (tertiary/aromatic N) is 1. The highest BCUT2D eigenvalue weighted by Gasteiger charge is 2.30. The van der Waals surface area contributed by atoms with Crippen LogP contribution in [-0.4, -0.2) is 4.68 Å². The van der Waals surface area contributed by atoms with Gasteiger partial charge in [0, 0.05) is 23.5 Å². The van der Waals surface area contributed by atoms with Crippen molar-refractivity contribution in [2.45, 2.75) is 13.0 Å². The molecule has 0 saturated heterocycles. The molecule has 120 valence electrons. The highest BCUT2D eigenvalue weighted by Crippen LogP contribution is 2.38. The van der Waals surface area contributed by atoms with Crippen molar-refractivity contribution in [3.8, 4) is 0 Å². The minimum atomic E-state index is -0.280. The number of fused-ring (bicyclic) bond motifs is 1. The molecule has 1 atom stereocenters. The molecule has 2 aliphatic rings. The summed E-state index contributed by atoms with van der Waals surface area (Å²) in [7, 11) is 0. The first kappa shape index (κ1) is 14.5. The Kier molecular flexibility index (Phi) is 3.34. The van der Waals surface area contributed by atoms with Crippen LogP contribution in [0, 0.1) is 12.7 Å². The zero-order valence-electron chi connectivity index (χ0n) is 13.1. The number of hydrogen-bond donors (Lipinski definition) is 2. The molecule has 1 aromatic carbocycles. The second-order valence-electron chi connectivity index (χ2n) is 5.86. The minimum Gasteiger partial charge on any atom is -0.368 e. The lowest BCUT2D eigenvalue weighted by Gasteiger charge is -2.16. The molecule has 2 aromatic rings. The van der Waals surface area contributed by atoms with Crippen molar-refractivity contribution in [2.24, 2.45) is 0 Å². The van der Waals surface area contributed by atoms with Crippen LogP contribution < -0.4 is 16.3 Å². The fourth-order valence-electron chi connectivity index (χ4n) is 3.09. The van der Waals surface area contributed by atoms with Gasteiger partial charge in [-0.1, -0.05) is 18.2 Å². The average molecular weight is 321 g/mol. The molecule has 0 saturated carbocycles. The summed E-state index contributed by atoms with van der Waals surface area (Å²) in [4.78, 5) is 12.5. The smallest absolute Gasteiger partial charge is 0.272 e. The molecule has 4 nitrogen and oxygen atoms in total. The summed E-state index contributed by atoms with van der Waals surface area (Å²) in [5.74, 6) is -0.280. The number of benzene rings is 1. The highest BCUT2D eigenvalue weighted by atomic mass is 19.1. The van der Waals surface area contributed by atoms with Gasteiger partial charge in [-0.15, -0.1) is 0 Å². The van der Waals surface area contributed by atoms with Gasteiger partial charge in [-0.25, -0.2) is 9.07 Å². The lowest BCUT2D eigenvalue weighted by Crippen LogP contribution is -2.28. The van der Waals surface area contributed by atoms with Gasteiger partial charge < -0.3 is 10.7 Å². The van der Waals surface area contributed by atoms with Crippen molar-refractivity contribution in [3.05, 3.63) is 99.5 Å². The Balaban J connectivity index is 1.94. The van der Waals surface area contributed by atoms with Gasteiger partial charge in [-0.2, -0.15) is 0 Å². The quantitative estimate of drug-likeness (QED) is 0.849. The third-order valence-corrected chi connectivity index (χ3v) is 4.33. The van der Waals surface area contributed by atoms with E-state index >= 15 is 0 Å². The normalized spacial score (nSPS) is 18.3. The molecule has 24 heavy (non-hydrogen) atoms. The van der Waals surface area contributed by atoms with Gasteiger partial charge in [0.15, 0.2) is 0 Å². The predicted molar refractivity (Wildman–Crippen MR) is 92.3 cm³/mol. The third kappa shape index (κ3) is 2.25. The van der Waals surface area contributed by atoms with Gasteiger partial charge in [-0.3, -0.25) is 4.79 Å². The number of rotatable bonds is 1. The van der Waals surface area contributed by atoms with Crippen LogP contribution in [0.3, 0.4) is 0 Å². The zero-order chi connectivity index (χ0) is 16.7. The molecule has 0 amide bonds. The van der Waals surface area contributed by atoms with E-state index in [9.17, 15) is 9.18 Å². The fraction of sp³-hybridized carbons (Fsp3) is 0.105. The van der Waals surface area contributed by atoms with E-state index in [1.165, 1.54) is 12.1 Å². The van der Waals surface area contributed by atoms with Gasteiger partial charge in [0.1, 0.15) is 5.82 Å². The molecule has 0 bridgehead atoms. The van der Waals surface area contributed by atoms with Crippen LogP contribution in [0.4, 0.5) is 4.39 Å². The van der Waals surface area contributed by atoms with Crippen LogP contribution in [-0.2, 0) is 0 Å². The van der Waals surface area contributed by atoms with Gasteiger partial charge >= 0.3 is 0 Å². The molecule has 1 unspecified atom stereocenters. The van der Waals surface area contributed by atoms with Gasteiger partial charge in [0.2, 0.25) is 0 Å². The van der Waals surface area contributed by atoms with Crippen molar-refractivity contribution >= 4 is 5.57 Å². The largest absolute Gasteiger partial charge is 0.368 e. The zero-order valence-corrected chi connectivity index (χ0v) is 13.1. The summed E-state index contributed by atoms with van der Waals surface area (Å²) in [6.07, 6.45) is 7.62. The van der Waals surface area contributed by atoms with Crippen LogP contribution in [0.15, 0.2) is 71.3 Å². The average Bonchev–Trinajstić information content (AvgIpc) is 3.00. The van der Waals surface area contributed by atoms with Crippen molar-refractivity contribution in [2.75, 3.05) is 5.43 Å². The van der Waals surface area contributed by atoms with Gasteiger partial charge in [0.25, 0.3) is 5.56 Å². The standard InChI is InChI=1S/C19H16FN3O/c1-12-2-7-16-17(13-8-10-21-11-9-13)18(22-23(16)19(12)24)14-3-5-15(20)6-4-14/h2-11,18,21-22H,1H3. The molecular formula is C19H16FN3O. The van der Waals surface area contributed by atoms with E-state index in [2.05, 4.69) is 10.7 Å². The summed E-state index contributed by atoms with van der Waals surface area (Å²) >= 11 is 0. The monoisotopic (exact) mass is 321 g/mol. The second kappa shape index (κ2) is 5.53. The fourth-order valence-corrected chi connectivity index (χ4v) is 3.09. The number of nitrogens with one attached hydrogen (secondary N) is 2. The molecule has 0 aliphatic carbocycles. The van der Waals surface area contributed by atoms with Crippen LogP contribution in [0.2, 0.25) is 0 Å². The van der Waals surface area contributed by atoms with E-state index in [0.717, 1.165) is 22.4 Å². The van der Waals surface area contributed by atoms with E-state index in [1.54, 1.807) is 23.7 Å². The molecular weight excluding hydrogens is 305 g/mol. The third-order valence-electron chi connectivity index (χ3n) is 4.33. The number of pyridine rings is 1. The Morgan fingerprint density at radius 1 is 1.04 bits per heavy atom. The SMILES string of the molecule is Cc1ccc2n(c1=O)NC(c1ccc(F)cc1)C2=C1C=CNC=C1. The number of dihydropyridines is 1. The van der Waals surface area contributed by atoms with Crippen LogP contribution in [0.25, 0.3) is 5.57 Å². The predicted octanol–water partition coefficient (Wildman–Crippen LogP) is 2.98. The van der Waals surface area contributed by atoms with Crippen LogP contribution >= 0.6 is 0 Å². The maximum atomic E-state index is 13.3. The summed E-state index contributed by atoms with van der Waals surface area (Å²) in [5, 5.41) is 3.01. The van der Waals surface area contributed by atoms with Crippen molar-refractivity contribution < 1.29 is 4.39 Å². The first-order chi connectivity index (χ1) is 11.6. The Labute approximate surface area is 138 Å². The Morgan fingerprint density at radius 3 is 2.46 bits per heavy atom. The lowest BCUT2D eigenvalue weighted by molar-refractivity contribution is 0.626. The molecule has 0 spiro atoms. The highest BCUT2D eigenvalue weighted by molar-refractivity contribution is 5.80. The Hall–Kier alpha value is -3.08. The maximum absolute atomic E-state index is 13.3. The van der Waals surface area contributed by atoms with Crippen LogP contribution in [0.5, 0.6) is 0 Å². The van der Waals surface area contributed by atoms with E-state index < -0.39 is 0 Å². The lowest BCUT2D eigenvalue weighted by atomic mass is 9.92. The van der Waals surface area contributed by atoms with Crippen molar-refractivity contribution in [1.29, 1.82) is 0 Å².